The number of nitrogens with zero attached hydrogens (tertiary/aromatic N) is 2. The first-order chi connectivity index (χ1) is 11.8. The number of rotatable bonds is 2. The van der Waals surface area contributed by atoms with Crippen LogP contribution in [-0.2, 0) is 18.4 Å². The van der Waals surface area contributed by atoms with Gasteiger partial charge in [0.25, 0.3) is 5.91 Å². The second-order valence-electron chi connectivity index (χ2n) is 7.51. The molecule has 0 saturated heterocycles. The molecule has 3 rings (SSSR count). The van der Waals surface area contributed by atoms with Crippen LogP contribution in [0.25, 0.3) is 0 Å². The van der Waals surface area contributed by atoms with Crippen LogP contribution in [0.1, 0.15) is 58.3 Å². The molecule has 2 N–H and O–H groups in total. The van der Waals surface area contributed by atoms with E-state index >= 15 is 0 Å². The molecule has 5 nitrogen and oxygen atoms in total. The third-order valence-electron chi connectivity index (χ3n) is 4.64. The first kappa shape index (κ1) is 17.1. The Morgan fingerprint density at radius 3 is 2.48 bits per heavy atom. The van der Waals surface area contributed by atoms with Gasteiger partial charge in [-0.2, -0.15) is 0 Å². The number of pyridine rings is 1. The Hall–Kier alpha value is -2.69. The highest BCUT2D eigenvalue weighted by Gasteiger charge is 2.24. The molecule has 1 aromatic heterocycles. The zero-order valence-corrected chi connectivity index (χ0v) is 14.9. The topological polar surface area (TPSA) is 76.3 Å². The Bertz CT molecular complexity index is 820. The van der Waals surface area contributed by atoms with E-state index in [2.05, 4.69) is 44.0 Å². The Balaban J connectivity index is 1.81. The van der Waals surface area contributed by atoms with E-state index in [9.17, 15) is 9.59 Å². The smallest absolute Gasteiger partial charge is 0.272 e. The lowest BCUT2D eigenvalue weighted by molar-refractivity contribution is 0.0728. The minimum atomic E-state index is -0.548. The molecule has 0 spiro atoms. The first-order valence-corrected chi connectivity index (χ1v) is 8.43. The lowest BCUT2D eigenvalue weighted by Crippen LogP contribution is -2.36. The summed E-state index contributed by atoms with van der Waals surface area (Å²) < 4.78 is 0. The van der Waals surface area contributed by atoms with Gasteiger partial charge in [0.1, 0.15) is 5.69 Å². The number of primary amides is 1. The molecule has 130 valence electrons. The maximum Gasteiger partial charge on any atom is 0.272 e. The van der Waals surface area contributed by atoms with Crippen molar-refractivity contribution in [2.75, 3.05) is 6.54 Å². The van der Waals surface area contributed by atoms with Gasteiger partial charge in [0.15, 0.2) is 0 Å². The van der Waals surface area contributed by atoms with Crippen molar-refractivity contribution in [3.8, 4) is 0 Å². The van der Waals surface area contributed by atoms with E-state index in [1.165, 1.54) is 29.0 Å². The summed E-state index contributed by atoms with van der Waals surface area (Å²) in [6.07, 6.45) is 2.19. The van der Waals surface area contributed by atoms with Crippen molar-refractivity contribution in [2.45, 2.75) is 39.2 Å². The Morgan fingerprint density at radius 2 is 1.88 bits per heavy atom. The Kier molecular flexibility index (Phi) is 4.33. The fourth-order valence-electron chi connectivity index (χ4n) is 3.03. The third kappa shape index (κ3) is 3.55. The van der Waals surface area contributed by atoms with Crippen LogP contribution < -0.4 is 5.73 Å². The van der Waals surface area contributed by atoms with E-state index in [1.54, 1.807) is 11.0 Å². The van der Waals surface area contributed by atoms with E-state index in [1.807, 2.05) is 0 Å². The molecule has 0 saturated carbocycles. The fraction of sp³-hybridized carbons (Fsp3) is 0.350. The van der Waals surface area contributed by atoms with Crippen LogP contribution in [-0.4, -0.2) is 28.2 Å². The Labute approximate surface area is 147 Å². The van der Waals surface area contributed by atoms with Crippen LogP contribution in [0.3, 0.4) is 0 Å². The zero-order chi connectivity index (χ0) is 18.2. The third-order valence-corrected chi connectivity index (χ3v) is 4.64. The monoisotopic (exact) mass is 337 g/mol. The average Bonchev–Trinajstić information content (AvgIpc) is 2.59. The van der Waals surface area contributed by atoms with Crippen molar-refractivity contribution >= 4 is 11.8 Å². The number of carbonyl (C=O) groups excluding carboxylic acids is 2. The maximum absolute atomic E-state index is 12.7. The fourth-order valence-corrected chi connectivity index (χ4v) is 3.03. The van der Waals surface area contributed by atoms with Gasteiger partial charge in [0.2, 0.25) is 5.91 Å². The van der Waals surface area contributed by atoms with Gasteiger partial charge in [0.05, 0.1) is 5.56 Å². The van der Waals surface area contributed by atoms with Crippen molar-refractivity contribution in [3.05, 3.63) is 64.5 Å². The lowest BCUT2D eigenvalue weighted by Gasteiger charge is -2.30. The van der Waals surface area contributed by atoms with E-state index < -0.39 is 5.91 Å². The number of hydrogen-bond acceptors (Lipinski definition) is 3. The summed E-state index contributed by atoms with van der Waals surface area (Å²) in [5.41, 5.74) is 9.69. The highest BCUT2D eigenvalue weighted by atomic mass is 16.2. The Morgan fingerprint density at radius 1 is 1.12 bits per heavy atom. The van der Waals surface area contributed by atoms with Gasteiger partial charge in [0, 0.05) is 19.3 Å². The minimum Gasteiger partial charge on any atom is -0.366 e. The SMILES string of the molecule is CC(C)(C)c1ccc2c(c1)CN(C(=O)c1ccc(C(N)=O)cn1)CC2. The van der Waals surface area contributed by atoms with Gasteiger partial charge in [-0.15, -0.1) is 0 Å². The second-order valence-corrected chi connectivity index (χ2v) is 7.51. The van der Waals surface area contributed by atoms with Crippen molar-refractivity contribution in [1.82, 2.24) is 9.88 Å². The molecule has 0 radical (unpaired) electrons. The molecule has 2 amide bonds. The minimum absolute atomic E-state index is 0.0768. The van der Waals surface area contributed by atoms with Crippen LogP contribution in [0.2, 0.25) is 0 Å². The van der Waals surface area contributed by atoms with Crippen LogP contribution in [0.5, 0.6) is 0 Å². The van der Waals surface area contributed by atoms with Gasteiger partial charge in [-0.3, -0.25) is 14.6 Å². The number of carbonyl (C=O) groups is 2. The molecule has 0 fully saturated rings. The number of fused-ring (bicyclic) bond motifs is 1. The molecule has 0 atom stereocenters. The molecular formula is C20H23N3O2. The molecule has 0 aliphatic carbocycles. The molecule has 0 unspecified atom stereocenters. The molecule has 2 aromatic rings. The van der Waals surface area contributed by atoms with Gasteiger partial charge in [-0.1, -0.05) is 39.0 Å². The van der Waals surface area contributed by atoms with Crippen molar-refractivity contribution in [1.29, 1.82) is 0 Å². The van der Waals surface area contributed by atoms with Crippen LogP contribution in [0, 0.1) is 0 Å². The van der Waals surface area contributed by atoms with E-state index in [0.717, 1.165) is 6.42 Å². The number of hydrogen-bond donors (Lipinski definition) is 1. The second kappa shape index (κ2) is 6.31. The number of amides is 2. The van der Waals surface area contributed by atoms with E-state index in [0.29, 0.717) is 24.3 Å². The summed E-state index contributed by atoms with van der Waals surface area (Å²) in [5, 5.41) is 0. The highest BCUT2D eigenvalue weighted by molar-refractivity contribution is 5.95. The number of nitrogens with two attached hydrogens (primary N) is 1. The lowest BCUT2D eigenvalue weighted by atomic mass is 9.84. The maximum atomic E-state index is 12.7. The quantitative estimate of drug-likeness (QED) is 0.915. The molecule has 1 aliphatic heterocycles. The van der Waals surface area contributed by atoms with Crippen molar-refractivity contribution in [3.63, 3.8) is 0 Å². The summed E-state index contributed by atoms with van der Waals surface area (Å²) in [4.78, 5) is 29.7. The summed E-state index contributed by atoms with van der Waals surface area (Å²) in [5.74, 6) is -0.670. The van der Waals surface area contributed by atoms with E-state index in [-0.39, 0.29) is 11.3 Å². The normalized spacial score (nSPS) is 14.1. The largest absolute Gasteiger partial charge is 0.366 e. The van der Waals surface area contributed by atoms with Crippen LogP contribution >= 0.6 is 0 Å². The predicted octanol–water partition coefficient (Wildman–Crippen LogP) is 2.68. The van der Waals surface area contributed by atoms with Gasteiger partial charge in [-0.25, -0.2) is 0 Å². The molecule has 5 heteroatoms. The molecule has 2 heterocycles. The van der Waals surface area contributed by atoms with E-state index in [4.69, 9.17) is 5.73 Å². The molecular weight excluding hydrogens is 314 g/mol. The highest BCUT2D eigenvalue weighted by Crippen LogP contribution is 2.28. The molecule has 1 aliphatic rings. The zero-order valence-electron chi connectivity index (χ0n) is 14.9. The molecule has 25 heavy (non-hydrogen) atoms. The number of aromatic nitrogens is 1. The van der Waals surface area contributed by atoms with Crippen molar-refractivity contribution in [2.24, 2.45) is 5.73 Å². The molecule has 0 bridgehead atoms. The number of benzene rings is 1. The summed E-state index contributed by atoms with van der Waals surface area (Å²) in [6, 6.07) is 9.66. The predicted molar refractivity (Wildman–Crippen MR) is 96.3 cm³/mol. The average molecular weight is 337 g/mol. The van der Waals surface area contributed by atoms with Gasteiger partial charge >= 0.3 is 0 Å². The van der Waals surface area contributed by atoms with Gasteiger partial charge < -0.3 is 10.6 Å². The summed E-state index contributed by atoms with van der Waals surface area (Å²) in [7, 11) is 0. The van der Waals surface area contributed by atoms with Gasteiger partial charge in [-0.05, 0) is 40.7 Å². The van der Waals surface area contributed by atoms with Crippen LogP contribution in [0.4, 0.5) is 0 Å². The molecule has 1 aromatic carbocycles. The first-order valence-electron chi connectivity index (χ1n) is 8.43. The van der Waals surface area contributed by atoms with Crippen LogP contribution in [0.15, 0.2) is 36.5 Å². The standard InChI is InChI=1S/C20H23N3O2/c1-20(2,3)16-6-4-13-8-9-23(12-15(13)10-16)19(25)17-7-5-14(11-22-17)18(21)24/h4-7,10-11H,8-9,12H2,1-3H3,(H2,21,24). The van der Waals surface area contributed by atoms with Crippen molar-refractivity contribution < 1.29 is 9.59 Å². The summed E-state index contributed by atoms with van der Waals surface area (Å²) >= 11 is 0. The summed E-state index contributed by atoms with van der Waals surface area (Å²) in [6.45, 7) is 7.80.